The van der Waals surface area contributed by atoms with Crippen molar-refractivity contribution < 1.29 is 14.2 Å². The van der Waals surface area contributed by atoms with Crippen molar-refractivity contribution in [2.45, 2.75) is 18.9 Å². The van der Waals surface area contributed by atoms with Crippen LogP contribution in [0.5, 0.6) is 17.2 Å². The Morgan fingerprint density at radius 1 is 0.793 bits per heavy atom. The second-order valence-corrected chi connectivity index (χ2v) is 8.57. The number of hydrogen-bond donors (Lipinski definition) is 0. The van der Waals surface area contributed by atoms with Gasteiger partial charge < -0.3 is 24.0 Å². The van der Waals surface area contributed by atoms with Crippen LogP contribution in [-0.4, -0.2) is 63.4 Å². The minimum Gasteiger partial charge on any atom is -0.493 e. The van der Waals surface area contributed by atoms with Crippen molar-refractivity contribution in [2.24, 2.45) is 11.8 Å². The van der Waals surface area contributed by atoms with Crippen molar-refractivity contribution in [3.05, 3.63) is 30.6 Å². The molecule has 0 saturated carbocycles. The quantitative estimate of drug-likeness (QED) is 0.774. The van der Waals surface area contributed by atoms with Crippen molar-refractivity contribution in [2.75, 3.05) is 52.4 Å². The van der Waals surface area contributed by atoms with Gasteiger partial charge in [0, 0.05) is 44.0 Å². The Morgan fingerprint density at radius 2 is 1.55 bits per heavy atom. The zero-order chi connectivity index (χ0) is 20.0. The first kappa shape index (κ1) is 18.6. The summed E-state index contributed by atoms with van der Waals surface area (Å²) in [5, 5.41) is 0. The Kier molecular flexibility index (Phi) is 4.74. The minimum atomic E-state index is 0.596. The van der Waals surface area contributed by atoms with Crippen LogP contribution < -0.4 is 19.1 Å². The Bertz CT molecular complexity index is 864. The lowest BCUT2D eigenvalue weighted by Gasteiger charge is -2.41. The highest BCUT2D eigenvalue weighted by Gasteiger charge is 2.41. The van der Waals surface area contributed by atoms with Gasteiger partial charge in [-0.05, 0) is 48.4 Å². The van der Waals surface area contributed by atoms with E-state index in [9.17, 15) is 0 Å². The lowest BCUT2D eigenvalue weighted by atomic mass is 9.84. The molecule has 1 aromatic heterocycles. The number of ether oxygens (including phenoxy) is 3. The van der Waals surface area contributed by atoms with E-state index < -0.39 is 0 Å². The molecule has 4 aliphatic rings. The molecule has 6 rings (SSSR count). The average molecular weight is 396 g/mol. The molecule has 29 heavy (non-hydrogen) atoms. The summed E-state index contributed by atoms with van der Waals surface area (Å²) in [6.45, 7) is 4.87. The third kappa shape index (κ3) is 3.29. The maximum absolute atomic E-state index is 5.54. The van der Waals surface area contributed by atoms with Crippen LogP contribution in [0.3, 0.4) is 0 Å². The standard InChI is InChI=1S/C23H29N3O3/c1-27-21-7-17(8-22(28-2)23(21)29-3)18-6-19(10-24-9-18)26-13-16-4-15-5-20(26)14-25(11-15)12-16/h6-10,15-16,20H,4-5,11-14H2,1-3H3. The summed E-state index contributed by atoms with van der Waals surface area (Å²) in [4.78, 5) is 9.88. The average Bonchev–Trinajstić information content (AvgIpc) is 2.95. The minimum absolute atomic E-state index is 0.596. The van der Waals surface area contributed by atoms with Crippen LogP contribution in [0.25, 0.3) is 11.1 Å². The van der Waals surface area contributed by atoms with E-state index in [-0.39, 0.29) is 0 Å². The third-order valence-electron chi connectivity index (χ3n) is 6.72. The van der Waals surface area contributed by atoms with Crippen molar-refractivity contribution in [3.8, 4) is 28.4 Å². The number of methoxy groups -OCH3 is 3. The Morgan fingerprint density at radius 3 is 2.24 bits per heavy atom. The van der Waals surface area contributed by atoms with Gasteiger partial charge in [-0.15, -0.1) is 0 Å². The molecule has 2 aromatic rings. The van der Waals surface area contributed by atoms with Crippen molar-refractivity contribution in [1.29, 1.82) is 0 Å². The number of nitrogens with zero attached hydrogens (tertiary/aromatic N) is 3. The fourth-order valence-electron chi connectivity index (χ4n) is 5.59. The van der Waals surface area contributed by atoms with Gasteiger partial charge in [0.05, 0.1) is 33.2 Å². The highest BCUT2D eigenvalue weighted by Crippen LogP contribution is 2.42. The second kappa shape index (κ2) is 7.41. The van der Waals surface area contributed by atoms with Gasteiger partial charge in [0.25, 0.3) is 0 Å². The predicted octanol–water partition coefficient (Wildman–Crippen LogP) is 3.30. The first-order valence-corrected chi connectivity index (χ1v) is 10.4. The number of pyridine rings is 1. The Hall–Kier alpha value is -2.47. The summed E-state index contributed by atoms with van der Waals surface area (Å²) < 4.78 is 16.5. The molecule has 4 aliphatic heterocycles. The topological polar surface area (TPSA) is 47.1 Å². The summed E-state index contributed by atoms with van der Waals surface area (Å²) in [5.74, 6) is 3.56. The largest absolute Gasteiger partial charge is 0.493 e. The lowest BCUT2D eigenvalue weighted by Crippen LogP contribution is -2.49. The van der Waals surface area contributed by atoms with Crippen LogP contribution in [0.2, 0.25) is 0 Å². The van der Waals surface area contributed by atoms with Gasteiger partial charge in [0.15, 0.2) is 11.5 Å². The summed E-state index contributed by atoms with van der Waals surface area (Å²) in [6, 6.07) is 6.83. The first-order chi connectivity index (χ1) is 14.2. The normalized spacial score (nSPS) is 27.6. The van der Waals surface area contributed by atoms with Gasteiger partial charge in [-0.3, -0.25) is 4.98 Å². The van der Waals surface area contributed by atoms with Crippen molar-refractivity contribution >= 4 is 5.69 Å². The molecule has 4 unspecified atom stereocenters. The van der Waals surface area contributed by atoms with E-state index in [1.54, 1.807) is 21.3 Å². The van der Waals surface area contributed by atoms with Gasteiger partial charge in [-0.1, -0.05) is 0 Å². The van der Waals surface area contributed by atoms with E-state index in [1.165, 1.54) is 38.2 Å². The highest BCUT2D eigenvalue weighted by molar-refractivity contribution is 5.73. The molecule has 0 amide bonds. The van der Waals surface area contributed by atoms with Crippen molar-refractivity contribution in [3.63, 3.8) is 0 Å². The van der Waals surface area contributed by atoms with Crippen LogP contribution in [0.1, 0.15) is 12.8 Å². The van der Waals surface area contributed by atoms with Crippen LogP contribution in [0.4, 0.5) is 5.69 Å². The van der Waals surface area contributed by atoms with E-state index in [2.05, 4.69) is 20.9 Å². The van der Waals surface area contributed by atoms with Gasteiger partial charge in [0.1, 0.15) is 0 Å². The lowest BCUT2D eigenvalue weighted by molar-refractivity contribution is 0.0980. The summed E-state index contributed by atoms with van der Waals surface area (Å²) >= 11 is 0. The second-order valence-electron chi connectivity index (χ2n) is 8.57. The number of anilines is 1. The first-order valence-electron chi connectivity index (χ1n) is 10.4. The molecule has 4 fully saturated rings. The van der Waals surface area contributed by atoms with Gasteiger partial charge >= 0.3 is 0 Å². The molecule has 4 atom stereocenters. The molecule has 154 valence electrons. The molecule has 6 heteroatoms. The monoisotopic (exact) mass is 395 g/mol. The maximum Gasteiger partial charge on any atom is 0.203 e. The molecule has 0 radical (unpaired) electrons. The van der Waals surface area contributed by atoms with E-state index in [1.807, 2.05) is 24.5 Å². The molecule has 4 saturated heterocycles. The molecule has 5 heterocycles. The van der Waals surface area contributed by atoms with Crippen LogP contribution in [-0.2, 0) is 0 Å². The van der Waals surface area contributed by atoms with E-state index >= 15 is 0 Å². The fraction of sp³-hybridized carbons (Fsp3) is 0.522. The zero-order valence-corrected chi connectivity index (χ0v) is 17.4. The Balaban J connectivity index is 1.51. The third-order valence-corrected chi connectivity index (χ3v) is 6.72. The van der Waals surface area contributed by atoms with E-state index in [4.69, 9.17) is 14.2 Å². The molecular formula is C23H29N3O3. The summed E-state index contributed by atoms with van der Waals surface area (Å²) in [5.41, 5.74) is 3.29. The Labute approximate surface area is 172 Å². The summed E-state index contributed by atoms with van der Waals surface area (Å²) in [6.07, 6.45) is 6.61. The van der Waals surface area contributed by atoms with E-state index in [0.29, 0.717) is 23.3 Å². The smallest absolute Gasteiger partial charge is 0.203 e. The number of rotatable bonds is 5. The van der Waals surface area contributed by atoms with Gasteiger partial charge in [0.2, 0.25) is 5.75 Å². The number of fused-ring (bicyclic) bond motifs is 1. The zero-order valence-electron chi connectivity index (χ0n) is 17.4. The van der Waals surface area contributed by atoms with Gasteiger partial charge in [-0.25, -0.2) is 0 Å². The molecule has 4 bridgehead atoms. The number of benzene rings is 1. The van der Waals surface area contributed by atoms with Gasteiger partial charge in [-0.2, -0.15) is 0 Å². The predicted molar refractivity (Wildman–Crippen MR) is 113 cm³/mol. The molecule has 1 aromatic carbocycles. The highest BCUT2D eigenvalue weighted by atomic mass is 16.5. The van der Waals surface area contributed by atoms with Crippen LogP contribution in [0.15, 0.2) is 30.6 Å². The molecular weight excluding hydrogens is 366 g/mol. The fourth-order valence-corrected chi connectivity index (χ4v) is 5.59. The molecule has 0 N–H and O–H groups in total. The van der Waals surface area contributed by atoms with Crippen molar-refractivity contribution in [1.82, 2.24) is 9.88 Å². The summed E-state index contributed by atoms with van der Waals surface area (Å²) in [7, 11) is 4.92. The van der Waals surface area contributed by atoms with E-state index in [0.717, 1.165) is 29.5 Å². The SMILES string of the molecule is COc1cc(-c2cncc(N3CC4CC5CC3CN(C5)C4)c2)cc(OC)c1OC. The number of piperidine rings is 2. The molecule has 0 spiro atoms. The maximum atomic E-state index is 5.54. The van der Waals surface area contributed by atoms with Crippen LogP contribution >= 0.6 is 0 Å². The number of aromatic nitrogens is 1. The molecule has 0 aliphatic carbocycles. The number of hydrogen-bond acceptors (Lipinski definition) is 6. The molecule has 6 nitrogen and oxygen atoms in total. The van der Waals surface area contributed by atoms with Crippen LogP contribution in [0, 0.1) is 11.8 Å².